The first kappa shape index (κ1) is 17.6. The molecule has 0 atom stereocenters. The van der Waals surface area contributed by atoms with Crippen molar-refractivity contribution >= 4 is 29.2 Å². The van der Waals surface area contributed by atoms with Crippen molar-refractivity contribution < 1.29 is 19.1 Å². The van der Waals surface area contributed by atoms with E-state index in [0.717, 1.165) is 4.90 Å². The van der Waals surface area contributed by atoms with Crippen LogP contribution >= 0.6 is 11.6 Å². The van der Waals surface area contributed by atoms with Crippen molar-refractivity contribution in [2.75, 3.05) is 11.4 Å². The number of nitrogens with zero attached hydrogens (tertiary/aromatic N) is 3. The summed E-state index contributed by atoms with van der Waals surface area (Å²) < 4.78 is 14.6. The molecule has 1 heterocycles. The van der Waals surface area contributed by atoms with Gasteiger partial charge in [0.1, 0.15) is 0 Å². The number of aromatic nitrogens is 2. The summed E-state index contributed by atoms with van der Waals surface area (Å²) in [6.45, 7) is 3.33. The molecule has 24 heavy (non-hydrogen) atoms. The average Bonchev–Trinajstić information content (AvgIpc) is 2.53. The molecule has 2 aromatic rings. The molecule has 1 N–H and O–H groups in total. The molecule has 0 saturated carbocycles. The van der Waals surface area contributed by atoms with Gasteiger partial charge in [-0.25, -0.2) is 19.2 Å². The van der Waals surface area contributed by atoms with Crippen LogP contribution in [0.25, 0.3) is 0 Å². The van der Waals surface area contributed by atoms with Crippen molar-refractivity contribution in [1.29, 1.82) is 0 Å². The van der Waals surface area contributed by atoms with Gasteiger partial charge in [-0.1, -0.05) is 12.1 Å². The number of carboxylic acid groups (broad SMARTS) is 1. The van der Waals surface area contributed by atoms with Gasteiger partial charge in [0, 0.05) is 12.7 Å². The van der Waals surface area contributed by atoms with E-state index < -0.39 is 17.7 Å². The van der Waals surface area contributed by atoms with Crippen LogP contribution in [-0.2, 0) is 6.42 Å². The number of ketones is 1. The van der Waals surface area contributed by atoms with E-state index in [1.54, 1.807) is 0 Å². The van der Waals surface area contributed by atoms with Gasteiger partial charge >= 0.3 is 6.09 Å². The minimum absolute atomic E-state index is 0.0162. The quantitative estimate of drug-likeness (QED) is 0.491. The lowest BCUT2D eigenvalue weighted by Gasteiger charge is -2.19. The van der Waals surface area contributed by atoms with Crippen molar-refractivity contribution in [3.05, 3.63) is 65.5 Å². The van der Waals surface area contributed by atoms with Gasteiger partial charge in [0.2, 0.25) is 5.28 Å². The predicted molar refractivity (Wildman–Crippen MR) is 87.0 cm³/mol. The molecule has 0 radical (unpaired) electrons. The lowest BCUT2D eigenvalue weighted by molar-refractivity contribution is 0.0988. The molecule has 1 aromatic heterocycles. The minimum atomic E-state index is -1.35. The number of benzene rings is 1. The molecule has 0 unspecified atom stereocenters. The molecule has 1 amide bonds. The maximum atomic E-state index is 14.6. The Morgan fingerprint density at radius 2 is 2.12 bits per heavy atom. The Morgan fingerprint density at radius 1 is 1.38 bits per heavy atom. The van der Waals surface area contributed by atoms with Gasteiger partial charge in [0.25, 0.3) is 0 Å². The third kappa shape index (κ3) is 3.94. The maximum Gasteiger partial charge on any atom is 0.412 e. The summed E-state index contributed by atoms with van der Waals surface area (Å²) in [5.41, 5.74) is -0.0995. The van der Waals surface area contributed by atoms with Gasteiger partial charge in [0.15, 0.2) is 11.6 Å². The Balaban J connectivity index is 2.34. The fourth-order valence-corrected chi connectivity index (χ4v) is 2.24. The number of hydrogen-bond acceptors (Lipinski definition) is 4. The number of amides is 1. The number of carbonyl (C=O) groups is 2. The fourth-order valence-electron chi connectivity index (χ4n) is 2.08. The van der Waals surface area contributed by atoms with E-state index in [-0.39, 0.29) is 29.5 Å². The van der Waals surface area contributed by atoms with E-state index in [1.807, 2.05) is 0 Å². The Hall–Kier alpha value is -2.80. The van der Waals surface area contributed by atoms with E-state index in [0.29, 0.717) is 5.69 Å². The van der Waals surface area contributed by atoms with E-state index in [2.05, 4.69) is 16.5 Å². The molecular weight excluding hydrogens is 337 g/mol. The van der Waals surface area contributed by atoms with Crippen LogP contribution < -0.4 is 4.90 Å². The van der Waals surface area contributed by atoms with Gasteiger partial charge in [-0.15, -0.1) is 6.58 Å². The van der Waals surface area contributed by atoms with Crippen LogP contribution in [0.4, 0.5) is 14.9 Å². The second-order valence-corrected chi connectivity index (χ2v) is 5.08. The third-order valence-electron chi connectivity index (χ3n) is 3.14. The van der Waals surface area contributed by atoms with Crippen molar-refractivity contribution in [3.63, 3.8) is 0 Å². The van der Waals surface area contributed by atoms with E-state index in [1.165, 1.54) is 36.5 Å². The van der Waals surface area contributed by atoms with E-state index >= 15 is 0 Å². The van der Waals surface area contributed by atoms with E-state index in [9.17, 15) is 19.1 Å². The highest BCUT2D eigenvalue weighted by molar-refractivity contribution is 6.28. The molecule has 0 aliphatic rings. The lowest BCUT2D eigenvalue weighted by atomic mass is 10.0. The summed E-state index contributed by atoms with van der Waals surface area (Å²) in [5, 5.41) is 9.16. The van der Waals surface area contributed by atoms with Gasteiger partial charge < -0.3 is 5.11 Å². The minimum Gasteiger partial charge on any atom is -0.465 e. The summed E-state index contributed by atoms with van der Waals surface area (Å²) in [7, 11) is 0. The Morgan fingerprint density at radius 3 is 2.75 bits per heavy atom. The monoisotopic (exact) mass is 349 g/mol. The van der Waals surface area contributed by atoms with Crippen molar-refractivity contribution in [2.45, 2.75) is 6.42 Å². The Kier molecular flexibility index (Phi) is 5.59. The zero-order valence-corrected chi connectivity index (χ0v) is 13.2. The molecule has 0 fully saturated rings. The second kappa shape index (κ2) is 7.65. The Labute approximate surface area is 142 Å². The molecule has 0 aliphatic heterocycles. The normalized spacial score (nSPS) is 10.2. The number of Topliss-reactive ketones (excluding diaryl/α,β-unsaturated/α-hetero) is 1. The Bertz CT molecular complexity index is 798. The maximum absolute atomic E-state index is 14.6. The fraction of sp³-hybridized carbons (Fsp3) is 0.125. The molecule has 0 bridgehead atoms. The molecular formula is C16H13ClFN3O3. The predicted octanol–water partition coefficient (Wildman–Crippen LogP) is 3.36. The topological polar surface area (TPSA) is 83.4 Å². The number of rotatable bonds is 6. The molecule has 8 heteroatoms. The zero-order chi connectivity index (χ0) is 17.7. The summed E-state index contributed by atoms with van der Waals surface area (Å²) in [5.74, 6) is -1.46. The van der Waals surface area contributed by atoms with Crippen LogP contribution in [0.1, 0.15) is 16.1 Å². The first-order valence-corrected chi connectivity index (χ1v) is 7.22. The molecule has 1 aromatic carbocycles. The van der Waals surface area contributed by atoms with Gasteiger partial charge in [-0.3, -0.25) is 9.69 Å². The standard InChI is InChI=1S/C16H13ClFN3O3/c1-2-8-21(16(23)24)12-5-3-4-11(14(12)18)13(22)9-10-6-7-19-15(17)20-10/h2-7H,1,8-9H2,(H,23,24). The summed E-state index contributed by atoms with van der Waals surface area (Å²) in [6.07, 6.45) is 1.18. The summed E-state index contributed by atoms with van der Waals surface area (Å²) >= 11 is 5.65. The number of anilines is 1. The number of hydrogen-bond donors (Lipinski definition) is 1. The SMILES string of the molecule is C=CCN(C(=O)O)c1cccc(C(=O)Cc2ccnc(Cl)n2)c1F. The average molecular weight is 350 g/mol. The lowest BCUT2D eigenvalue weighted by Crippen LogP contribution is -2.30. The smallest absolute Gasteiger partial charge is 0.412 e. The second-order valence-electron chi connectivity index (χ2n) is 4.74. The van der Waals surface area contributed by atoms with Crippen molar-refractivity contribution in [3.8, 4) is 0 Å². The van der Waals surface area contributed by atoms with Gasteiger partial charge in [-0.2, -0.15) is 0 Å². The van der Waals surface area contributed by atoms with Crippen molar-refractivity contribution in [1.82, 2.24) is 9.97 Å². The third-order valence-corrected chi connectivity index (χ3v) is 3.32. The van der Waals surface area contributed by atoms with Crippen LogP contribution in [-0.4, -0.2) is 33.5 Å². The van der Waals surface area contributed by atoms with Crippen LogP contribution in [0.3, 0.4) is 0 Å². The van der Waals surface area contributed by atoms with Crippen LogP contribution in [0.15, 0.2) is 43.1 Å². The highest BCUT2D eigenvalue weighted by Crippen LogP contribution is 2.24. The highest BCUT2D eigenvalue weighted by atomic mass is 35.5. The van der Waals surface area contributed by atoms with Crippen LogP contribution in [0.5, 0.6) is 0 Å². The molecule has 2 rings (SSSR count). The van der Waals surface area contributed by atoms with Crippen LogP contribution in [0, 0.1) is 5.82 Å². The molecule has 6 nitrogen and oxygen atoms in total. The van der Waals surface area contributed by atoms with Gasteiger partial charge in [-0.05, 0) is 29.8 Å². The first-order valence-electron chi connectivity index (χ1n) is 6.84. The van der Waals surface area contributed by atoms with Crippen molar-refractivity contribution in [2.24, 2.45) is 0 Å². The number of carbonyl (C=O) groups excluding carboxylic acids is 1. The zero-order valence-electron chi connectivity index (χ0n) is 12.4. The van der Waals surface area contributed by atoms with E-state index in [4.69, 9.17) is 11.6 Å². The molecule has 0 saturated heterocycles. The molecule has 124 valence electrons. The molecule has 0 aliphatic carbocycles. The molecule has 0 spiro atoms. The summed E-state index contributed by atoms with van der Waals surface area (Å²) in [6, 6.07) is 5.48. The summed E-state index contributed by atoms with van der Waals surface area (Å²) in [4.78, 5) is 31.9. The number of halogens is 2. The largest absolute Gasteiger partial charge is 0.465 e. The van der Waals surface area contributed by atoms with Gasteiger partial charge in [0.05, 0.1) is 23.4 Å². The van der Waals surface area contributed by atoms with Crippen LogP contribution in [0.2, 0.25) is 5.28 Å². The highest BCUT2D eigenvalue weighted by Gasteiger charge is 2.22. The first-order chi connectivity index (χ1) is 11.4.